The summed E-state index contributed by atoms with van der Waals surface area (Å²) in [5.74, 6) is 0.985. The maximum absolute atomic E-state index is 12.0. The molecule has 0 amide bonds. The number of aryl methyl sites for hydroxylation is 1. The molecular weight excluding hydrogens is 526 g/mol. The van der Waals surface area contributed by atoms with Crippen LogP contribution in [0.5, 0.6) is 0 Å². The number of rotatable bonds is 5. The molecule has 3 heterocycles. The third-order valence-electron chi connectivity index (χ3n) is 6.00. The van der Waals surface area contributed by atoms with Gasteiger partial charge in [0, 0.05) is 21.9 Å². The van der Waals surface area contributed by atoms with Crippen LogP contribution in [0.4, 0.5) is 5.69 Å². The molecule has 0 unspecified atom stereocenters. The second-order valence-corrected chi connectivity index (χ2v) is 9.45. The van der Waals surface area contributed by atoms with Gasteiger partial charge in [-0.1, -0.05) is 34.1 Å². The van der Waals surface area contributed by atoms with Crippen molar-refractivity contribution in [2.24, 2.45) is 0 Å². The van der Waals surface area contributed by atoms with E-state index in [-0.39, 0.29) is 12.1 Å². The lowest BCUT2D eigenvalue weighted by Gasteiger charge is -2.26. The first kappa shape index (κ1) is 23.3. The number of methoxy groups -OCH3 is 1. The summed E-state index contributed by atoms with van der Waals surface area (Å²) in [6.45, 7) is 2.05. The highest BCUT2D eigenvalue weighted by Crippen LogP contribution is 2.43. The van der Waals surface area contributed by atoms with Gasteiger partial charge in [-0.2, -0.15) is 0 Å². The SMILES string of the molecule is COC(=O)c1cccc(-c2ccc([C@H]3[C@@H](c4ccccn4)NC(=S)N3c3ccc(Br)c(C)c3)o2)c1. The van der Waals surface area contributed by atoms with E-state index in [2.05, 4.69) is 37.2 Å². The second kappa shape index (κ2) is 9.64. The average molecular weight is 548 g/mol. The van der Waals surface area contributed by atoms with Crippen LogP contribution in [0.15, 0.2) is 87.9 Å². The summed E-state index contributed by atoms with van der Waals surface area (Å²) in [6, 6.07) is 22.5. The van der Waals surface area contributed by atoms with E-state index >= 15 is 0 Å². The van der Waals surface area contributed by atoms with E-state index in [4.69, 9.17) is 21.4 Å². The quantitative estimate of drug-likeness (QED) is 0.230. The lowest BCUT2D eigenvalue weighted by molar-refractivity contribution is 0.0601. The van der Waals surface area contributed by atoms with Crippen molar-refractivity contribution in [1.82, 2.24) is 10.3 Å². The van der Waals surface area contributed by atoms with E-state index in [9.17, 15) is 4.79 Å². The van der Waals surface area contributed by atoms with E-state index in [1.807, 2.05) is 61.5 Å². The summed E-state index contributed by atoms with van der Waals surface area (Å²) in [4.78, 5) is 18.7. The Morgan fingerprint density at radius 3 is 2.71 bits per heavy atom. The van der Waals surface area contributed by atoms with Gasteiger partial charge < -0.3 is 19.4 Å². The minimum absolute atomic E-state index is 0.215. The van der Waals surface area contributed by atoms with Crippen molar-refractivity contribution in [1.29, 1.82) is 0 Å². The van der Waals surface area contributed by atoms with Crippen molar-refractivity contribution in [3.8, 4) is 11.3 Å². The number of furan rings is 1. The number of carbonyl (C=O) groups excluding carboxylic acids is 1. The monoisotopic (exact) mass is 547 g/mol. The maximum Gasteiger partial charge on any atom is 0.337 e. The predicted molar refractivity (Wildman–Crippen MR) is 142 cm³/mol. The number of hydrogen-bond donors (Lipinski definition) is 1. The van der Waals surface area contributed by atoms with E-state index in [1.54, 1.807) is 18.3 Å². The Morgan fingerprint density at radius 2 is 1.97 bits per heavy atom. The maximum atomic E-state index is 12.0. The molecule has 176 valence electrons. The number of thiocarbonyl (C=S) groups is 1. The highest BCUT2D eigenvalue weighted by Gasteiger charge is 2.42. The highest BCUT2D eigenvalue weighted by molar-refractivity contribution is 9.10. The van der Waals surface area contributed by atoms with Crippen LogP contribution in [-0.2, 0) is 4.74 Å². The van der Waals surface area contributed by atoms with Gasteiger partial charge in [0.15, 0.2) is 5.11 Å². The summed E-state index contributed by atoms with van der Waals surface area (Å²) in [7, 11) is 1.37. The molecule has 1 fully saturated rings. The minimum Gasteiger partial charge on any atom is -0.465 e. The van der Waals surface area contributed by atoms with Gasteiger partial charge in [-0.25, -0.2) is 4.79 Å². The van der Waals surface area contributed by atoms with Gasteiger partial charge in [-0.05, 0) is 79.3 Å². The fraction of sp³-hybridized carbons (Fsp3) is 0.148. The molecule has 35 heavy (non-hydrogen) atoms. The molecule has 8 heteroatoms. The number of halogens is 1. The molecule has 0 radical (unpaired) electrons. The van der Waals surface area contributed by atoms with Crippen molar-refractivity contribution in [3.05, 3.63) is 106 Å². The van der Waals surface area contributed by atoms with Crippen LogP contribution >= 0.6 is 28.1 Å². The fourth-order valence-corrected chi connectivity index (χ4v) is 4.88. The summed E-state index contributed by atoms with van der Waals surface area (Å²) >= 11 is 9.38. The molecular formula is C27H22BrN3O3S. The van der Waals surface area contributed by atoms with Gasteiger partial charge in [0.05, 0.1) is 24.4 Å². The van der Waals surface area contributed by atoms with E-state index < -0.39 is 5.97 Å². The number of anilines is 1. The molecule has 5 rings (SSSR count). The summed E-state index contributed by atoms with van der Waals surface area (Å²) < 4.78 is 12.3. The normalized spacial score (nSPS) is 17.3. The Hall–Kier alpha value is -3.49. The zero-order valence-electron chi connectivity index (χ0n) is 19.1. The van der Waals surface area contributed by atoms with Crippen LogP contribution in [-0.4, -0.2) is 23.2 Å². The van der Waals surface area contributed by atoms with Crippen molar-refractivity contribution < 1.29 is 13.9 Å². The van der Waals surface area contributed by atoms with Gasteiger partial charge in [0.1, 0.15) is 17.6 Å². The minimum atomic E-state index is -0.393. The van der Waals surface area contributed by atoms with Crippen LogP contribution in [0.25, 0.3) is 11.3 Å². The molecule has 0 bridgehead atoms. The molecule has 6 nitrogen and oxygen atoms in total. The molecule has 4 aromatic rings. The Balaban J connectivity index is 1.58. The van der Waals surface area contributed by atoms with E-state index in [1.165, 1.54) is 7.11 Å². The molecule has 1 aliphatic heterocycles. The Bertz CT molecular complexity index is 1410. The van der Waals surface area contributed by atoms with Gasteiger partial charge in [-0.15, -0.1) is 0 Å². The number of pyridine rings is 1. The average Bonchev–Trinajstić information content (AvgIpc) is 3.50. The van der Waals surface area contributed by atoms with Crippen LogP contribution in [0.1, 0.15) is 39.5 Å². The van der Waals surface area contributed by atoms with Gasteiger partial charge in [0.25, 0.3) is 0 Å². The third kappa shape index (κ3) is 4.47. The van der Waals surface area contributed by atoms with Crippen LogP contribution < -0.4 is 10.2 Å². The molecule has 2 aromatic carbocycles. The number of aromatic nitrogens is 1. The van der Waals surface area contributed by atoms with Crippen LogP contribution in [0.2, 0.25) is 0 Å². The smallest absolute Gasteiger partial charge is 0.337 e. The fourth-order valence-electron chi connectivity index (χ4n) is 4.28. The predicted octanol–water partition coefficient (Wildman–Crippen LogP) is 6.38. The number of esters is 1. The van der Waals surface area contributed by atoms with E-state index in [0.29, 0.717) is 16.4 Å². The first-order chi connectivity index (χ1) is 17.0. The topological polar surface area (TPSA) is 67.6 Å². The molecule has 0 spiro atoms. The summed E-state index contributed by atoms with van der Waals surface area (Å²) in [6.07, 6.45) is 1.77. The summed E-state index contributed by atoms with van der Waals surface area (Å²) in [5.41, 5.74) is 4.17. The first-order valence-corrected chi connectivity index (χ1v) is 12.2. The molecule has 0 saturated carbocycles. The molecule has 1 N–H and O–H groups in total. The van der Waals surface area contributed by atoms with Crippen LogP contribution in [0, 0.1) is 6.92 Å². The highest BCUT2D eigenvalue weighted by atomic mass is 79.9. The molecule has 2 atom stereocenters. The van der Waals surface area contributed by atoms with E-state index in [0.717, 1.165) is 32.7 Å². The van der Waals surface area contributed by atoms with Gasteiger partial charge >= 0.3 is 5.97 Å². The van der Waals surface area contributed by atoms with Crippen LogP contribution in [0.3, 0.4) is 0 Å². The first-order valence-electron chi connectivity index (χ1n) is 11.0. The number of nitrogens with one attached hydrogen (secondary N) is 1. The molecule has 1 saturated heterocycles. The molecule has 1 aliphatic rings. The van der Waals surface area contributed by atoms with Gasteiger partial charge in [0.2, 0.25) is 0 Å². The zero-order valence-corrected chi connectivity index (χ0v) is 21.5. The Morgan fingerprint density at radius 1 is 1.11 bits per heavy atom. The number of hydrogen-bond acceptors (Lipinski definition) is 5. The van der Waals surface area contributed by atoms with Crippen molar-refractivity contribution in [2.75, 3.05) is 12.0 Å². The van der Waals surface area contributed by atoms with Crippen molar-refractivity contribution >= 4 is 44.9 Å². The summed E-state index contributed by atoms with van der Waals surface area (Å²) in [5, 5.41) is 4.04. The van der Waals surface area contributed by atoms with Crippen molar-refractivity contribution in [2.45, 2.75) is 19.0 Å². The number of benzene rings is 2. The number of ether oxygens (including phenoxy) is 1. The second-order valence-electron chi connectivity index (χ2n) is 8.20. The largest absolute Gasteiger partial charge is 0.465 e. The zero-order chi connectivity index (χ0) is 24.5. The third-order valence-corrected chi connectivity index (χ3v) is 7.21. The lowest BCUT2D eigenvalue weighted by atomic mass is 10.0. The molecule has 2 aromatic heterocycles. The van der Waals surface area contributed by atoms with Gasteiger partial charge in [-0.3, -0.25) is 4.98 Å². The van der Waals surface area contributed by atoms with Crippen molar-refractivity contribution in [3.63, 3.8) is 0 Å². The Kier molecular flexibility index (Phi) is 6.40. The number of carbonyl (C=O) groups is 1. The lowest BCUT2D eigenvalue weighted by Crippen LogP contribution is -2.29. The Labute approximate surface area is 217 Å². The standard InChI is InChI=1S/C27H22BrN3O3S/c1-16-14-19(9-10-20(16)28)31-25(24(30-27(31)35)21-8-3-4-13-29-21)23-12-11-22(34-23)17-6-5-7-18(15-17)26(32)33-2/h3-15,24-25H,1-2H3,(H,30,35)/t24-,25+/m1/s1. The number of nitrogens with zero attached hydrogens (tertiary/aromatic N) is 2. The molecule has 0 aliphatic carbocycles.